The largest absolute Gasteiger partial charge is 0.507 e. The molecule has 1 saturated heterocycles. The number of fused-ring (bicyclic) bond motifs is 1. The summed E-state index contributed by atoms with van der Waals surface area (Å²) >= 11 is 0. The molecular weight excluding hydrogens is 394 g/mol. The summed E-state index contributed by atoms with van der Waals surface area (Å²) in [6.45, 7) is 0. The molecule has 5 rings (SSSR count). The fourth-order valence-corrected chi connectivity index (χ4v) is 4.04. The predicted octanol–water partition coefficient (Wildman–Crippen LogP) is 4.76. The average Bonchev–Trinajstić information content (AvgIpc) is 3.41. The van der Waals surface area contributed by atoms with Gasteiger partial charge in [-0.2, -0.15) is 0 Å². The molecule has 31 heavy (non-hydrogen) atoms. The number of nitrogens with zero attached hydrogens (tertiary/aromatic N) is 1. The van der Waals surface area contributed by atoms with Crippen LogP contribution in [-0.4, -0.2) is 21.9 Å². The Kier molecular flexibility index (Phi) is 4.33. The van der Waals surface area contributed by atoms with Crippen molar-refractivity contribution in [1.82, 2.24) is 0 Å². The first-order valence-electron chi connectivity index (χ1n) is 9.68. The second-order valence-electron chi connectivity index (χ2n) is 7.20. The van der Waals surface area contributed by atoms with Crippen LogP contribution in [0.5, 0.6) is 5.75 Å². The number of phenolic OH excluding ortho intramolecular Hbond substituents is 1. The van der Waals surface area contributed by atoms with Gasteiger partial charge in [-0.3, -0.25) is 14.5 Å². The van der Waals surface area contributed by atoms with Crippen molar-refractivity contribution in [3.05, 3.63) is 102 Å². The number of amides is 1. The molecule has 6 heteroatoms. The normalized spacial score (nSPS) is 18.1. The van der Waals surface area contributed by atoms with Crippen LogP contribution in [0.2, 0.25) is 0 Å². The molecule has 1 atom stereocenters. The maximum atomic E-state index is 13.1. The number of Topliss-reactive ketones (excluding diaryl/α,β-unsaturated/α-hetero) is 1. The number of aromatic hydroxyl groups is 1. The Morgan fingerprint density at radius 2 is 1.61 bits per heavy atom. The number of hydrogen-bond acceptors (Lipinski definition) is 5. The van der Waals surface area contributed by atoms with Crippen LogP contribution < -0.4 is 4.90 Å². The van der Waals surface area contributed by atoms with Gasteiger partial charge in [0.2, 0.25) is 0 Å². The average molecular weight is 411 g/mol. The lowest BCUT2D eigenvalue weighted by molar-refractivity contribution is -0.132. The van der Waals surface area contributed by atoms with E-state index in [-0.39, 0.29) is 22.8 Å². The lowest BCUT2D eigenvalue weighted by atomic mass is 9.96. The van der Waals surface area contributed by atoms with E-state index in [1.54, 1.807) is 36.4 Å². The van der Waals surface area contributed by atoms with Gasteiger partial charge in [0, 0.05) is 5.56 Å². The molecule has 0 radical (unpaired) electrons. The van der Waals surface area contributed by atoms with Gasteiger partial charge in [0.15, 0.2) is 0 Å². The summed E-state index contributed by atoms with van der Waals surface area (Å²) in [5.74, 6) is -1.87. The van der Waals surface area contributed by atoms with Gasteiger partial charge in [-0.1, -0.05) is 54.6 Å². The summed E-state index contributed by atoms with van der Waals surface area (Å²) < 4.78 is 5.54. The van der Waals surface area contributed by atoms with E-state index in [1.165, 1.54) is 18.4 Å². The molecule has 0 bridgehead atoms. The Hall–Kier alpha value is -4.32. The van der Waals surface area contributed by atoms with Crippen LogP contribution in [0.15, 0.2) is 95.1 Å². The van der Waals surface area contributed by atoms with Crippen molar-refractivity contribution in [2.45, 2.75) is 6.04 Å². The first kappa shape index (κ1) is 18.7. The minimum atomic E-state index is -1.03. The van der Waals surface area contributed by atoms with Gasteiger partial charge < -0.3 is 14.6 Å². The van der Waals surface area contributed by atoms with Gasteiger partial charge in [-0.05, 0) is 35.0 Å². The predicted molar refractivity (Wildman–Crippen MR) is 116 cm³/mol. The molecule has 1 amide bonds. The van der Waals surface area contributed by atoms with E-state index in [1.807, 2.05) is 30.3 Å². The van der Waals surface area contributed by atoms with Crippen LogP contribution in [0.25, 0.3) is 16.5 Å². The van der Waals surface area contributed by atoms with Crippen molar-refractivity contribution in [2.24, 2.45) is 0 Å². The number of para-hydroxylation sites is 2. The lowest BCUT2D eigenvalue weighted by Gasteiger charge is -2.24. The number of rotatable bonds is 3. The minimum Gasteiger partial charge on any atom is -0.507 e. The number of hydrogen-bond donors (Lipinski definition) is 2. The number of carbonyl (C=O) groups is 2. The van der Waals surface area contributed by atoms with Crippen LogP contribution in [0.4, 0.5) is 5.69 Å². The number of benzene rings is 3. The van der Waals surface area contributed by atoms with Gasteiger partial charge in [0.05, 0.1) is 17.5 Å². The summed E-state index contributed by atoms with van der Waals surface area (Å²) in [6, 6.07) is 21.3. The van der Waals surface area contributed by atoms with Gasteiger partial charge in [-0.15, -0.1) is 0 Å². The third-order valence-electron chi connectivity index (χ3n) is 5.44. The summed E-state index contributed by atoms with van der Waals surface area (Å²) in [4.78, 5) is 27.3. The van der Waals surface area contributed by atoms with Gasteiger partial charge >= 0.3 is 0 Å². The van der Waals surface area contributed by atoms with E-state index in [0.717, 1.165) is 15.7 Å². The summed E-state index contributed by atoms with van der Waals surface area (Å²) in [5.41, 5.74) is 0.493. The van der Waals surface area contributed by atoms with Crippen LogP contribution in [-0.2, 0) is 9.59 Å². The van der Waals surface area contributed by atoms with Crippen molar-refractivity contribution in [3.8, 4) is 5.75 Å². The van der Waals surface area contributed by atoms with E-state index in [2.05, 4.69) is 0 Å². The first-order chi connectivity index (χ1) is 15.1. The Balaban J connectivity index is 1.78. The van der Waals surface area contributed by atoms with Gasteiger partial charge in [0.1, 0.15) is 23.3 Å². The molecule has 1 aromatic heterocycles. The van der Waals surface area contributed by atoms with Crippen molar-refractivity contribution in [3.63, 3.8) is 0 Å². The number of anilines is 1. The number of furan rings is 1. The second kappa shape index (κ2) is 7.18. The Morgan fingerprint density at radius 1 is 0.871 bits per heavy atom. The van der Waals surface area contributed by atoms with Crippen molar-refractivity contribution in [1.29, 1.82) is 0 Å². The highest BCUT2D eigenvalue weighted by molar-refractivity contribution is 6.52. The summed E-state index contributed by atoms with van der Waals surface area (Å²) in [5, 5.41) is 23.3. The lowest BCUT2D eigenvalue weighted by Crippen LogP contribution is -2.29. The van der Waals surface area contributed by atoms with Crippen LogP contribution in [0, 0.1) is 0 Å². The van der Waals surface area contributed by atoms with Crippen molar-refractivity contribution >= 4 is 33.9 Å². The smallest absolute Gasteiger partial charge is 0.300 e. The molecule has 1 fully saturated rings. The highest BCUT2D eigenvalue weighted by Crippen LogP contribution is 2.45. The summed E-state index contributed by atoms with van der Waals surface area (Å²) in [7, 11) is 0. The molecule has 2 N–H and O–H groups in total. The maximum Gasteiger partial charge on any atom is 0.300 e. The monoisotopic (exact) mass is 411 g/mol. The van der Waals surface area contributed by atoms with E-state index < -0.39 is 17.7 Å². The van der Waals surface area contributed by atoms with E-state index in [0.29, 0.717) is 11.3 Å². The Bertz CT molecular complexity index is 1350. The Morgan fingerprint density at radius 3 is 2.39 bits per heavy atom. The van der Waals surface area contributed by atoms with Crippen molar-refractivity contribution in [2.75, 3.05) is 4.90 Å². The van der Waals surface area contributed by atoms with Gasteiger partial charge in [0.25, 0.3) is 11.7 Å². The third-order valence-corrected chi connectivity index (χ3v) is 5.44. The quantitative estimate of drug-likeness (QED) is 0.288. The standard InChI is InChI=1S/C25H17NO5/c27-19-12-4-3-11-18(19)26-22(20-13-6-14-31-20)21(24(29)25(26)30)23(28)17-10-5-8-15-7-1-2-9-16(15)17/h1-14,22,27-28H/b23-21-. The minimum absolute atomic E-state index is 0.0976. The van der Waals surface area contributed by atoms with E-state index in [4.69, 9.17) is 4.42 Å². The number of phenols is 1. The molecule has 0 spiro atoms. The molecule has 0 saturated carbocycles. The molecule has 1 unspecified atom stereocenters. The fraction of sp³-hybridized carbons (Fsp3) is 0.0400. The number of aliphatic hydroxyl groups excluding tert-OH is 1. The molecule has 152 valence electrons. The van der Waals surface area contributed by atoms with Gasteiger partial charge in [-0.25, -0.2) is 0 Å². The molecule has 1 aliphatic rings. The number of aliphatic hydroxyl groups is 1. The van der Waals surface area contributed by atoms with E-state index in [9.17, 15) is 19.8 Å². The molecule has 3 aromatic carbocycles. The molecule has 6 nitrogen and oxygen atoms in total. The fourth-order valence-electron chi connectivity index (χ4n) is 4.04. The maximum absolute atomic E-state index is 13.1. The number of ketones is 1. The van der Waals surface area contributed by atoms with Crippen LogP contribution >= 0.6 is 0 Å². The molecule has 2 heterocycles. The number of carbonyl (C=O) groups excluding carboxylic acids is 2. The van der Waals surface area contributed by atoms with Crippen molar-refractivity contribution < 1.29 is 24.2 Å². The van der Waals surface area contributed by atoms with Crippen LogP contribution in [0.1, 0.15) is 17.4 Å². The molecule has 4 aromatic rings. The molecule has 1 aliphatic heterocycles. The zero-order chi connectivity index (χ0) is 21.5. The molecular formula is C25H17NO5. The SMILES string of the molecule is O=C1C(=O)N(c2ccccc2O)C(c2ccco2)/C1=C(/O)c1cccc2ccccc12. The highest BCUT2D eigenvalue weighted by Gasteiger charge is 2.49. The third kappa shape index (κ3) is 2.88. The topological polar surface area (TPSA) is 91.0 Å². The first-order valence-corrected chi connectivity index (χ1v) is 9.68. The van der Waals surface area contributed by atoms with Crippen LogP contribution in [0.3, 0.4) is 0 Å². The summed E-state index contributed by atoms with van der Waals surface area (Å²) in [6.07, 6.45) is 1.43. The van der Waals surface area contributed by atoms with E-state index >= 15 is 0 Å². The second-order valence-corrected chi connectivity index (χ2v) is 7.20. The molecule has 0 aliphatic carbocycles. The zero-order valence-corrected chi connectivity index (χ0v) is 16.2. The highest BCUT2D eigenvalue weighted by atomic mass is 16.3. The zero-order valence-electron chi connectivity index (χ0n) is 16.2. The Labute approximate surface area is 177 Å².